The molecule has 8 nitrogen and oxygen atoms in total. The molecule has 166 valence electrons. The molecule has 1 fully saturated rings. The third kappa shape index (κ3) is 4.54. The third-order valence-electron chi connectivity index (χ3n) is 5.99. The number of hydrogen-bond acceptors (Lipinski definition) is 6. The molecule has 1 saturated heterocycles. The van der Waals surface area contributed by atoms with Gasteiger partial charge in [-0.2, -0.15) is 5.10 Å². The van der Waals surface area contributed by atoms with Crippen molar-refractivity contribution in [2.75, 3.05) is 18.4 Å². The highest BCUT2D eigenvalue weighted by molar-refractivity contribution is 5.92. The quantitative estimate of drug-likeness (QED) is 0.621. The summed E-state index contributed by atoms with van der Waals surface area (Å²) in [6.07, 6.45) is 6.16. The summed E-state index contributed by atoms with van der Waals surface area (Å²) < 4.78 is 1.83. The number of nitrogens with one attached hydrogen (secondary N) is 1. The van der Waals surface area contributed by atoms with Gasteiger partial charge in [0.05, 0.1) is 11.4 Å². The van der Waals surface area contributed by atoms with E-state index in [9.17, 15) is 4.79 Å². The second kappa shape index (κ2) is 8.90. The fraction of sp³-hybridized carbons (Fsp3) is 0.375. The third-order valence-corrected chi connectivity index (χ3v) is 5.99. The van der Waals surface area contributed by atoms with Gasteiger partial charge in [0, 0.05) is 55.7 Å². The van der Waals surface area contributed by atoms with Gasteiger partial charge in [0.15, 0.2) is 0 Å². The zero-order chi connectivity index (χ0) is 22.8. The first-order valence-corrected chi connectivity index (χ1v) is 10.8. The SMILES string of the molecule is Cc1nc(Nc2ncccc2C)cc(C2CCN(C(=O)/C=C/c3c(C)nn(C)c3C)C2)n1. The number of nitrogens with zero attached hydrogens (tertiary/aromatic N) is 6. The number of hydrogen-bond donors (Lipinski definition) is 1. The number of pyridine rings is 1. The van der Waals surface area contributed by atoms with Crippen LogP contribution in [-0.2, 0) is 11.8 Å². The Hall–Kier alpha value is -3.55. The second-order valence-corrected chi connectivity index (χ2v) is 8.33. The van der Waals surface area contributed by atoms with Gasteiger partial charge in [-0.1, -0.05) is 6.07 Å². The van der Waals surface area contributed by atoms with E-state index in [1.54, 1.807) is 12.3 Å². The fourth-order valence-electron chi connectivity index (χ4n) is 4.09. The van der Waals surface area contributed by atoms with Gasteiger partial charge in [-0.25, -0.2) is 15.0 Å². The number of rotatable bonds is 5. The fourth-order valence-corrected chi connectivity index (χ4v) is 4.09. The minimum atomic E-state index is 0.0170. The number of amides is 1. The first-order chi connectivity index (χ1) is 15.3. The molecule has 4 heterocycles. The highest BCUT2D eigenvalue weighted by Gasteiger charge is 2.28. The lowest BCUT2D eigenvalue weighted by Crippen LogP contribution is -2.26. The van der Waals surface area contributed by atoms with Gasteiger partial charge < -0.3 is 10.2 Å². The maximum Gasteiger partial charge on any atom is 0.246 e. The predicted molar refractivity (Wildman–Crippen MR) is 125 cm³/mol. The smallest absolute Gasteiger partial charge is 0.246 e. The van der Waals surface area contributed by atoms with Crippen LogP contribution in [0, 0.1) is 27.7 Å². The van der Waals surface area contributed by atoms with Crippen molar-refractivity contribution < 1.29 is 4.79 Å². The molecule has 1 aliphatic rings. The second-order valence-electron chi connectivity index (χ2n) is 8.33. The Morgan fingerprint density at radius 1 is 1.22 bits per heavy atom. The molecule has 1 atom stereocenters. The summed E-state index contributed by atoms with van der Waals surface area (Å²) in [4.78, 5) is 28.2. The number of aryl methyl sites for hydroxylation is 4. The zero-order valence-corrected chi connectivity index (χ0v) is 19.3. The van der Waals surface area contributed by atoms with Gasteiger partial charge in [-0.3, -0.25) is 9.48 Å². The summed E-state index contributed by atoms with van der Waals surface area (Å²) in [6, 6.07) is 5.89. The molecule has 0 spiro atoms. The molecule has 0 aromatic carbocycles. The molecule has 0 radical (unpaired) electrons. The van der Waals surface area contributed by atoms with Crippen LogP contribution in [0.4, 0.5) is 11.6 Å². The number of aromatic nitrogens is 5. The molecule has 3 aromatic heterocycles. The van der Waals surface area contributed by atoms with E-state index in [-0.39, 0.29) is 11.8 Å². The molecule has 4 rings (SSSR count). The Morgan fingerprint density at radius 2 is 2.03 bits per heavy atom. The van der Waals surface area contributed by atoms with Crippen molar-refractivity contribution in [1.29, 1.82) is 0 Å². The van der Waals surface area contributed by atoms with Gasteiger partial charge in [0.25, 0.3) is 0 Å². The lowest BCUT2D eigenvalue weighted by molar-refractivity contribution is -0.124. The molecular formula is C24H29N7O. The minimum Gasteiger partial charge on any atom is -0.338 e. The largest absolute Gasteiger partial charge is 0.338 e. The monoisotopic (exact) mass is 431 g/mol. The summed E-state index contributed by atoms with van der Waals surface area (Å²) in [6.45, 7) is 9.21. The highest BCUT2D eigenvalue weighted by atomic mass is 16.2. The van der Waals surface area contributed by atoms with Crippen molar-refractivity contribution >= 4 is 23.6 Å². The van der Waals surface area contributed by atoms with Crippen molar-refractivity contribution in [3.05, 3.63) is 64.5 Å². The van der Waals surface area contributed by atoms with Gasteiger partial charge in [-0.15, -0.1) is 0 Å². The van der Waals surface area contributed by atoms with Crippen molar-refractivity contribution in [3.8, 4) is 0 Å². The molecule has 0 bridgehead atoms. The Bertz CT molecular complexity index is 1180. The van der Waals surface area contributed by atoms with Crippen LogP contribution in [0.25, 0.3) is 6.08 Å². The molecule has 1 aliphatic heterocycles. The van der Waals surface area contributed by atoms with E-state index < -0.39 is 0 Å². The lowest BCUT2D eigenvalue weighted by Gasteiger charge is -2.15. The predicted octanol–water partition coefficient (Wildman–Crippen LogP) is 3.61. The number of carbonyl (C=O) groups excluding carboxylic acids is 1. The van der Waals surface area contributed by atoms with Crippen LogP contribution in [0.2, 0.25) is 0 Å². The van der Waals surface area contributed by atoms with Crippen LogP contribution >= 0.6 is 0 Å². The highest BCUT2D eigenvalue weighted by Crippen LogP contribution is 2.28. The van der Waals surface area contributed by atoms with Crippen LogP contribution in [0.15, 0.2) is 30.5 Å². The summed E-state index contributed by atoms with van der Waals surface area (Å²) >= 11 is 0. The van der Waals surface area contributed by atoms with Crippen LogP contribution in [-0.4, -0.2) is 48.6 Å². The van der Waals surface area contributed by atoms with Crippen LogP contribution in [0.1, 0.15) is 46.4 Å². The molecule has 0 aliphatic carbocycles. The maximum absolute atomic E-state index is 12.8. The van der Waals surface area contributed by atoms with E-state index in [1.807, 2.05) is 68.6 Å². The first-order valence-electron chi connectivity index (χ1n) is 10.8. The van der Waals surface area contributed by atoms with Gasteiger partial charge >= 0.3 is 0 Å². The van der Waals surface area contributed by atoms with E-state index in [4.69, 9.17) is 0 Å². The molecular weight excluding hydrogens is 402 g/mol. The maximum atomic E-state index is 12.8. The molecule has 1 unspecified atom stereocenters. The Kier molecular flexibility index (Phi) is 6.03. The van der Waals surface area contributed by atoms with Crippen LogP contribution in [0.5, 0.6) is 0 Å². The summed E-state index contributed by atoms with van der Waals surface area (Å²) in [5.74, 6) is 2.41. The normalized spacial score (nSPS) is 16.2. The van der Waals surface area contributed by atoms with Crippen molar-refractivity contribution in [2.45, 2.75) is 40.0 Å². The minimum absolute atomic E-state index is 0.0170. The topological polar surface area (TPSA) is 88.8 Å². The molecule has 1 amide bonds. The summed E-state index contributed by atoms with van der Waals surface area (Å²) in [7, 11) is 1.91. The summed E-state index contributed by atoms with van der Waals surface area (Å²) in [5, 5.41) is 7.71. The van der Waals surface area contributed by atoms with Gasteiger partial charge in [0.1, 0.15) is 17.5 Å². The van der Waals surface area contributed by atoms with E-state index in [2.05, 4.69) is 25.4 Å². The lowest BCUT2D eigenvalue weighted by atomic mass is 10.0. The van der Waals surface area contributed by atoms with Crippen LogP contribution in [0.3, 0.4) is 0 Å². The van der Waals surface area contributed by atoms with E-state index in [1.165, 1.54) is 0 Å². The first kappa shape index (κ1) is 21.7. The Labute approximate surface area is 188 Å². The number of likely N-dealkylation sites (tertiary alicyclic amines) is 1. The number of carbonyl (C=O) groups is 1. The molecule has 32 heavy (non-hydrogen) atoms. The molecule has 3 aromatic rings. The average Bonchev–Trinajstić information content (AvgIpc) is 3.33. The van der Waals surface area contributed by atoms with Gasteiger partial charge in [0.2, 0.25) is 5.91 Å². The van der Waals surface area contributed by atoms with E-state index >= 15 is 0 Å². The Morgan fingerprint density at radius 3 is 2.75 bits per heavy atom. The van der Waals surface area contributed by atoms with Crippen LogP contribution < -0.4 is 5.32 Å². The van der Waals surface area contributed by atoms with E-state index in [0.717, 1.165) is 46.3 Å². The van der Waals surface area contributed by atoms with Crippen molar-refractivity contribution in [1.82, 2.24) is 29.6 Å². The Balaban J connectivity index is 1.46. The standard InChI is InChI=1S/C24H29N7O/c1-15-7-6-11-25-24(15)28-22-13-21(26-18(4)27-22)19-10-12-31(14-19)23(32)9-8-20-16(2)29-30(5)17(20)3/h6-9,11,13,19H,10,12,14H2,1-5H3,(H,25,26,27,28)/b9-8+. The van der Waals surface area contributed by atoms with E-state index in [0.29, 0.717) is 18.9 Å². The number of anilines is 2. The molecule has 0 saturated carbocycles. The van der Waals surface area contributed by atoms with Crippen molar-refractivity contribution in [2.24, 2.45) is 7.05 Å². The zero-order valence-electron chi connectivity index (χ0n) is 19.3. The molecule has 1 N–H and O–H groups in total. The van der Waals surface area contributed by atoms with Gasteiger partial charge in [-0.05, 0) is 51.8 Å². The van der Waals surface area contributed by atoms with Crippen molar-refractivity contribution in [3.63, 3.8) is 0 Å². The average molecular weight is 432 g/mol. The summed E-state index contributed by atoms with van der Waals surface area (Å²) in [5.41, 5.74) is 4.97. The molecule has 8 heteroatoms.